The van der Waals surface area contributed by atoms with Gasteiger partial charge in [0.15, 0.2) is 11.6 Å². The SMILES string of the molecule is CC#N.CC(=O)c1c(C)cc(Oc2ccc(C)cc2)cc1Cl.Cc1ccc(Oc2cc(C)c(C(=O)CBr)c(Cl)c2)cc1. The maximum absolute atomic E-state index is 11.8. The Morgan fingerprint density at radius 2 is 1.07 bits per heavy atom. The zero-order chi connectivity index (χ0) is 31.4. The summed E-state index contributed by atoms with van der Waals surface area (Å²) in [5.74, 6) is 2.68. The number of halogens is 3. The molecule has 0 atom stereocenters. The second kappa shape index (κ2) is 16.7. The largest absolute Gasteiger partial charge is 0.457 e. The molecular formula is C34H32BrCl2NO4. The van der Waals surface area contributed by atoms with Crippen molar-refractivity contribution in [3.8, 4) is 29.1 Å². The van der Waals surface area contributed by atoms with E-state index in [0.717, 1.165) is 22.6 Å². The predicted molar refractivity (Wildman–Crippen MR) is 174 cm³/mol. The standard InChI is InChI=1S/C16H14BrClO2.C16H15ClO2.C2H3N/c1-10-3-5-12(6-4-10)20-13-7-11(2)16(14(18)8-13)15(19)9-17;1-10-4-6-13(7-5-10)19-14-8-11(2)16(12(3)18)15(17)9-14;1-2-3/h3-8H,9H2,1-2H3;4-9H,1-3H3;1H3. The first-order valence-electron chi connectivity index (χ1n) is 12.9. The van der Waals surface area contributed by atoms with Gasteiger partial charge in [0.1, 0.15) is 23.0 Å². The molecule has 0 aliphatic carbocycles. The molecule has 4 aromatic rings. The normalized spacial score (nSPS) is 9.81. The molecule has 42 heavy (non-hydrogen) atoms. The van der Waals surface area contributed by atoms with Crippen LogP contribution < -0.4 is 9.47 Å². The molecule has 4 rings (SSSR count). The summed E-state index contributed by atoms with van der Waals surface area (Å²) < 4.78 is 11.5. The molecule has 0 heterocycles. The van der Waals surface area contributed by atoms with E-state index < -0.39 is 0 Å². The van der Waals surface area contributed by atoms with Gasteiger partial charge < -0.3 is 9.47 Å². The van der Waals surface area contributed by atoms with E-state index in [4.69, 9.17) is 37.9 Å². The third kappa shape index (κ3) is 10.3. The van der Waals surface area contributed by atoms with Crippen LogP contribution in [-0.2, 0) is 0 Å². The Kier molecular flexibility index (Phi) is 13.8. The highest BCUT2D eigenvalue weighted by molar-refractivity contribution is 9.09. The molecule has 0 aliphatic heterocycles. The average molecular weight is 669 g/mol. The van der Waals surface area contributed by atoms with Crippen molar-refractivity contribution in [3.05, 3.63) is 116 Å². The molecule has 0 aromatic heterocycles. The number of ketones is 2. The van der Waals surface area contributed by atoms with Crippen LogP contribution in [0.15, 0.2) is 72.8 Å². The highest BCUT2D eigenvalue weighted by atomic mass is 79.9. The summed E-state index contributed by atoms with van der Waals surface area (Å²) >= 11 is 15.5. The van der Waals surface area contributed by atoms with E-state index in [9.17, 15) is 9.59 Å². The Labute approximate surface area is 266 Å². The molecule has 0 saturated heterocycles. The van der Waals surface area contributed by atoms with Gasteiger partial charge in [-0.05, 0) is 82.1 Å². The van der Waals surface area contributed by atoms with Crippen LogP contribution in [0.1, 0.15) is 56.8 Å². The summed E-state index contributed by atoms with van der Waals surface area (Å²) in [4.78, 5) is 23.3. The molecule has 5 nitrogen and oxygen atoms in total. The minimum Gasteiger partial charge on any atom is -0.457 e. The topological polar surface area (TPSA) is 76.4 Å². The number of nitrogens with zero attached hydrogens (tertiary/aromatic N) is 1. The van der Waals surface area contributed by atoms with Gasteiger partial charge in [0.05, 0.1) is 21.4 Å². The molecule has 0 radical (unpaired) electrons. The lowest BCUT2D eigenvalue weighted by Gasteiger charge is -2.11. The number of carbonyl (C=O) groups is 2. The minimum absolute atomic E-state index is 0.0330. The van der Waals surface area contributed by atoms with Crippen molar-refractivity contribution >= 4 is 50.7 Å². The van der Waals surface area contributed by atoms with Gasteiger partial charge in [-0.15, -0.1) is 0 Å². The highest BCUT2D eigenvalue weighted by Crippen LogP contribution is 2.31. The van der Waals surface area contributed by atoms with E-state index in [1.807, 2.05) is 88.4 Å². The summed E-state index contributed by atoms with van der Waals surface area (Å²) in [5.41, 5.74) is 5.07. The van der Waals surface area contributed by atoms with Gasteiger partial charge in [-0.1, -0.05) is 74.5 Å². The van der Waals surface area contributed by atoms with Gasteiger partial charge in [0.25, 0.3) is 0 Å². The van der Waals surface area contributed by atoms with E-state index in [1.54, 1.807) is 18.2 Å². The fourth-order valence-corrected chi connectivity index (χ4v) is 4.93. The fraction of sp³-hybridized carbons (Fsp3) is 0.206. The van der Waals surface area contributed by atoms with Gasteiger partial charge in [0, 0.05) is 30.2 Å². The van der Waals surface area contributed by atoms with Crippen molar-refractivity contribution < 1.29 is 19.1 Å². The van der Waals surface area contributed by atoms with E-state index in [-0.39, 0.29) is 16.9 Å². The number of rotatable bonds is 7. The Hall–Kier alpha value is -3.63. The number of nitriles is 1. The summed E-state index contributed by atoms with van der Waals surface area (Å²) in [6.45, 7) is 10.7. The Morgan fingerprint density at radius 1 is 0.714 bits per heavy atom. The van der Waals surface area contributed by atoms with Crippen LogP contribution in [0.3, 0.4) is 0 Å². The summed E-state index contributed by atoms with van der Waals surface area (Å²) in [6, 6.07) is 24.3. The second-order valence-corrected chi connectivity index (χ2v) is 10.7. The minimum atomic E-state index is -0.0376. The lowest BCUT2D eigenvalue weighted by atomic mass is 10.1. The van der Waals surface area contributed by atoms with Crippen LogP contribution >= 0.6 is 39.1 Å². The van der Waals surface area contributed by atoms with Crippen molar-refractivity contribution in [1.29, 1.82) is 5.26 Å². The lowest BCUT2D eigenvalue weighted by Crippen LogP contribution is -2.04. The molecule has 0 amide bonds. The quantitative estimate of drug-likeness (QED) is 0.145. The summed E-state index contributed by atoms with van der Waals surface area (Å²) in [7, 11) is 0. The molecule has 0 N–H and O–H groups in total. The van der Waals surface area contributed by atoms with Gasteiger partial charge in [-0.3, -0.25) is 9.59 Å². The summed E-state index contributed by atoms with van der Waals surface area (Å²) in [6.07, 6.45) is 0. The van der Waals surface area contributed by atoms with Crippen molar-refractivity contribution in [2.45, 2.75) is 41.5 Å². The molecule has 8 heteroatoms. The molecular weight excluding hydrogens is 637 g/mol. The van der Waals surface area contributed by atoms with Crippen LogP contribution in [0, 0.1) is 39.0 Å². The third-order valence-electron chi connectivity index (χ3n) is 5.79. The first-order valence-corrected chi connectivity index (χ1v) is 14.8. The lowest BCUT2D eigenvalue weighted by molar-refractivity contribution is 0.101. The average Bonchev–Trinajstić information content (AvgIpc) is 2.91. The molecule has 218 valence electrons. The number of benzene rings is 4. The third-order valence-corrected chi connectivity index (χ3v) is 6.89. The predicted octanol–water partition coefficient (Wildman–Crippen LogP) is 10.8. The van der Waals surface area contributed by atoms with Crippen LogP contribution in [0.25, 0.3) is 0 Å². The zero-order valence-electron chi connectivity index (χ0n) is 24.3. The van der Waals surface area contributed by atoms with Crippen molar-refractivity contribution in [1.82, 2.24) is 0 Å². The summed E-state index contributed by atoms with van der Waals surface area (Å²) in [5, 5.41) is 8.41. The number of aryl methyl sites for hydroxylation is 4. The highest BCUT2D eigenvalue weighted by Gasteiger charge is 2.15. The van der Waals surface area contributed by atoms with Gasteiger partial charge in [-0.2, -0.15) is 5.26 Å². The molecule has 4 aromatic carbocycles. The maximum Gasteiger partial charge on any atom is 0.175 e. The smallest absolute Gasteiger partial charge is 0.175 e. The van der Waals surface area contributed by atoms with Crippen LogP contribution in [0.5, 0.6) is 23.0 Å². The maximum atomic E-state index is 11.8. The van der Waals surface area contributed by atoms with E-state index in [1.165, 1.54) is 25.0 Å². The van der Waals surface area contributed by atoms with Gasteiger partial charge in [0.2, 0.25) is 0 Å². The molecule has 0 bridgehead atoms. The van der Waals surface area contributed by atoms with Crippen LogP contribution in [0.2, 0.25) is 10.0 Å². The van der Waals surface area contributed by atoms with Crippen LogP contribution in [-0.4, -0.2) is 16.9 Å². The number of alkyl halides is 1. The first kappa shape index (κ1) is 34.6. The number of ether oxygens (including phenoxy) is 2. The van der Waals surface area contributed by atoms with E-state index >= 15 is 0 Å². The van der Waals surface area contributed by atoms with Crippen molar-refractivity contribution in [3.63, 3.8) is 0 Å². The number of hydrogen-bond donors (Lipinski definition) is 0. The fourth-order valence-electron chi connectivity index (χ4n) is 3.89. The number of hydrogen-bond acceptors (Lipinski definition) is 5. The number of Topliss-reactive ketones (excluding diaryl/α,β-unsaturated/α-hetero) is 2. The Balaban J connectivity index is 0.000000269. The second-order valence-electron chi connectivity index (χ2n) is 9.36. The molecule has 0 aliphatic rings. The Morgan fingerprint density at radius 3 is 1.38 bits per heavy atom. The monoisotopic (exact) mass is 667 g/mol. The van der Waals surface area contributed by atoms with Crippen molar-refractivity contribution in [2.24, 2.45) is 0 Å². The van der Waals surface area contributed by atoms with Crippen LogP contribution in [0.4, 0.5) is 0 Å². The molecule has 0 spiro atoms. The number of carbonyl (C=O) groups excluding carboxylic acids is 2. The zero-order valence-corrected chi connectivity index (χ0v) is 27.4. The van der Waals surface area contributed by atoms with E-state index in [2.05, 4.69) is 15.9 Å². The van der Waals surface area contributed by atoms with Gasteiger partial charge in [-0.25, -0.2) is 0 Å². The molecule has 0 unspecified atom stereocenters. The molecule has 0 fully saturated rings. The first-order chi connectivity index (χ1) is 19.9. The molecule has 0 saturated carbocycles. The van der Waals surface area contributed by atoms with Crippen molar-refractivity contribution in [2.75, 3.05) is 5.33 Å². The van der Waals surface area contributed by atoms with E-state index in [0.29, 0.717) is 32.7 Å². The Bertz CT molecular complexity index is 1530. The van der Waals surface area contributed by atoms with Gasteiger partial charge >= 0.3 is 0 Å².